The summed E-state index contributed by atoms with van der Waals surface area (Å²) in [5, 5.41) is 15.8. The van der Waals surface area contributed by atoms with Crippen LogP contribution in [0, 0.1) is 11.7 Å². The number of hydrogen-bond donors (Lipinski definition) is 2. The third-order valence-electron chi connectivity index (χ3n) is 5.64. The van der Waals surface area contributed by atoms with E-state index in [4.69, 9.17) is 0 Å². The predicted octanol–water partition coefficient (Wildman–Crippen LogP) is 4.37. The summed E-state index contributed by atoms with van der Waals surface area (Å²) in [5.74, 6) is 0.657. The Kier molecular flexibility index (Phi) is 6.04. The van der Waals surface area contributed by atoms with Gasteiger partial charge in [0.05, 0.1) is 0 Å². The predicted molar refractivity (Wildman–Crippen MR) is 109 cm³/mol. The second-order valence-corrected chi connectivity index (χ2v) is 8.70. The summed E-state index contributed by atoms with van der Waals surface area (Å²) < 4.78 is 13.1. The van der Waals surface area contributed by atoms with Crippen molar-refractivity contribution in [2.24, 2.45) is 5.92 Å². The van der Waals surface area contributed by atoms with E-state index in [0.717, 1.165) is 30.2 Å². The maximum Gasteiger partial charge on any atom is 0.321 e. The lowest BCUT2D eigenvalue weighted by atomic mass is 9.90. The van der Waals surface area contributed by atoms with Gasteiger partial charge in [-0.25, -0.2) is 9.18 Å². The first-order valence-electron chi connectivity index (χ1n) is 10.1. The second kappa shape index (κ2) is 8.86. The van der Waals surface area contributed by atoms with Crippen LogP contribution in [0.3, 0.4) is 0 Å². The van der Waals surface area contributed by atoms with Gasteiger partial charge in [-0.1, -0.05) is 30.6 Å². The van der Waals surface area contributed by atoms with Crippen LogP contribution in [-0.4, -0.2) is 35.9 Å². The second-order valence-electron chi connectivity index (χ2n) is 7.69. The molecular weight excluding hydrogens is 377 g/mol. The number of rotatable bonds is 5. The maximum absolute atomic E-state index is 13.1. The van der Waals surface area contributed by atoms with Gasteiger partial charge in [-0.2, -0.15) is 0 Å². The van der Waals surface area contributed by atoms with Gasteiger partial charge < -0.3 is 10.2 Å². The molecule has 1 saturated heterocycles. The zero-order valence-electron chi connectivity index (χ0n) is 15.9. The molecule has 2 heterocycles. The van der Waals surface area contributed by atoms with Crippen LogP contribution in [0.1, 0.15) is 49.5 Å². The van der Waals surface area contributed by atoms with Crippen LogP contribution < -0.4 is 15.5 Å². The van der Waals surface area contributed by atoms with Crippen molar-refractivity contribution in [3.63, 3.8) is 0 Å². The Morgan fingerprint density at radius 1 is 1.14 bits per heavy atom. The van der Waals surface area contributed by atoms with E-state index < -0.39 is 0 Å². The summed E-state index contributed by atoms with van der Waals surface area (Å²) in [7, 11) is 0. The van der Waals surface area contributed by atoms with Gasteiger partial charge in [0.2, 0.25) is 5.13 Å². The lowest BCUT2D eigenvalue weighted by Gasteiger charge is -2.18. The molecule has 4 rings (SSSR count). The monoisotopic (exact) mass is 403 g/mol. The highest BCUT2D eigenvalue weighted by Gasteiger charge is 2.24. The van der Waals surface area contributed by atoms with Crippen LogP contribution in [0.2, 0.25) is 0 Å². The first-order chi connectivity index (χ1) is 13.7. The molecule has 1 aliphatic carbocycles. The minimum atomic E-state index is -0.230. The molecule has 2 N–H and O–H groups in total. The molecule has 28 heavy (non-hydrogen) atoms. The molecule has 0 radical (unpaired) electrons. The van der Waals surface area contributed by atoms with E-state index in [9.17, 15) is 9.18 Å². The average Bonchev–Trinajstić information content (AvgIpc) is 3.37. The molecule has 1 saturated carbocycles. The molecule has 1 aromatic carbocycles. The molecule has 6 nitrogen and oxygen atoms in total. The number of amides is 2. The number of nitrogens with zero attached hydrogens (tertiary/aromatic N) is 3. The van der Waals surface area contributed by atoms with Gasteiger partial charge in [-0.15, -0.1) is 10.2 Å². The van der Waals surface area contributed by atoms with Crippen LogP contribution in [0.15, 0.2) is 24.3 Å². The highest BCUT2D eigenvalue weighted by Crippen LogP contribution is 2.35. The maximum atomic E-state index is 13.1. The minimum absolute atomic E-state index is 0.221. The normalized spacial score (nSPS) is 20.3. The zero-order chi connectivity index (χ0) is 19.3. The largest absolute Gasteiger partial charge is 0.371 e. The number of urea groups is 1. The molecule has 8 heteroatoms. The van der Waals surface area contributed by atoms with E-state index in [1.165, 1.54) is 55.6 Å². The number of carbonyl (C=O) groups excluding carboxylic acids is 1. The SMILES string of the molecule is O=C(NCC1CCN(c2ccc(F)cc2)C1)Nc1nnc(C2CCCCC2)s1. The summed E-state index contributed by atoms with van der Waals surface area (Å²) in [6.45, 7) is 2.38. The standard InChI is InChI=1S/C20H26FN5OS/c21-16-6-8-17(9-7-16)26-11-10-14(13-26)12-22-19(27)23-20-25-24-18(28-20)15-4-2-1-3-5-15/h6-9,14-15H,1-5,10-13H2,(H2,22,23,25,27). The number of benzene rings is 1. The van der Waals surface area contributed by atoms with E-state index in [1.54, 1.807) is 12.1 Å². The highest BCUT2D eigenvalue weighted by molar-refractivity contribution is 7.15. The van der Waals surface area contributed by atoms with E-state index in [1.807, 2.05) is 0 Å². The van der Waals surface area contributed by atoms with Gasteiger partial charge in [-0.3, -0.25) is 5.32 Å². The number of halogens is 1. The van der Waals surface area contributed by atoms with Crippen molar-refractivity contribution < 1.29 is 9.18 Å². The number of aromatic nitrogens is 2. The van der Waals surface area contributed by atoms with Gasteiger partial charge >= 0.3 is 6.03 Å². The lowest BCUT2D eigenvalue weighted by molar-refractivity contribution is 0.250. The van der Waals surface area contributed by atoms with Crippen LogP contribution in [-0.2, 0) is 0 Å². The molecule has 0 spiro atoms. The fraction of sp³-hybridized carbons (Fsp3) is 0.550. The van der Waals surface area contributed by atoms with Crippen LogP contribution in [0.25, 0.3) is 0 Å². The number of carbonyl (C=O) groups is 1. The summed E-state index contributed by atoms with van der Waals surface area (Å²) in [6.07, 6.45) is 7.17. The molecule has 2 aromatic rings. The molecule has 150 valence electrons. The van der Waals surface area contributed by atoms with Crippen molar-refractivity contribution in [3.05, 3.63) is 35.1 Å². The average molecular weight is 404 g/mol. The Bertz CT molecular complexity index is 790. The topological polar surface area (TPSA) is 70.2 Å². The van der Waals surface area contributed by atoms with Crippen molar-refractivity contribution in [1.29, 1.82) is 0 Å². The summed E-state index contributed by atoms with van der Waals surface area (Å²) in [6, 6.07) is 6.34. The Hall–Kier alpha value is -2.22. The van der Waals surface area contributed by atoms with Crippen molar-refractivity contribution in [3.8, 4) is 0 Å². The molecule has 1 atom stereocenters. The number of nitrogens with one attached hydrogen (secondary N) is 2. The number of hydrogen-bond acceptors (Lipinski definition) is 5. The Morgan fingerprint density at radius 2 is 1.93 bits per heavy atom. The molecule has 1 aromatic heterocycles. The summed E-state index contributed by atoms with van der Waals surface area (Å²) in [5.41, 5.74) is 1.03. The molecule has 1 aliphatic heterocycles. The molecule has 2 amide bonds. The van der Waals surface area contributed by atoms with E-state index >= 15 is 0 Å². The van der Waals surface area contributed by atoms with Crippen LogP contribution >= 0.6 is 11.3 Å². The zero-order valence-corrected chi connectivity index (χ0v) is 16.7. The molecule has 0 bridgehead atoms. The Labute approximate surface area is 168 Å². The lowest BCUT2D eigenvalue weighted by Crippen LogP contribution is -2.34. The quantitative estimate of drug-likeness (QED) is 0.778. The molecule has 1 unspecified atom stereocenters. The Morgan fingerprint density at radius 3 is 2.71 bits per heavy atom. The van der Waals surface area contributed by atoms with Gasteiger partial charge in [0.15, 0.2) is 0 Å². The molecule has 2 fully saturated rings. The van der Waals surface area contributed by atoms with E-state index in [0.29, 0.717) is 23.5 Å². The van der Waals surface area contributed by atoms with Crippen LogP contribution in [0.5, 0.6) is 0 Å². The van der Waals surface area contributed by atoms with Crippen molar-refractivity contribution >= 4 is 28.2 Å². The summed E-state index contributed by atoms with van der Waals surface area (Å²) in [4.78, 5) is 14.4. The van der Waals surface area contributed by atoms with Crippen molar-refractivity contribution in [2.45, 2.75) is 44.4 Å². The first-order valence-corrected chi connectivity index (χ1v) is 10.9. The third-order valence-corrected chi connectivity index (χ3v) is 6.65. The van der Waals surface area contributed by atoms with Crippen molar-refractivity contribution in [1.82, 2.24) is 15.5 Å². The number of anilines is 2. The molecular formula is C20H26FN5OS. The first kappa shape index (κ1) is 19.1. The smallest absolute Gasteiger partial charge is 0.321 e. The van der Waals surface area contributed by atoms with E-state index in [-0.39, 0.29) is 11.8 Å². The molecule has 2 aliphatic rings. The van der Waals surface area contributed by atoms with Gasteiger partial charge in [0.25, 0.3) is 0 Å². The highest BCUT2D eigenvalue weighted by atomic mass is 32.1. The van der Waals surface area contributed by atoms with E-state index in [2.05, 4.69) is 25.7 Å². The van der Waals surface area contributed by atoms with Crippen molar-refractivity contribution in [2.75, 3.05) is 29.9 Å². The van der Waals surface area contributed by atoms with Gasteiger partial charge in [0, 0.05) is 31.2 Å². The fourth-order valence-electron chi connectivity index (χ4n) is 4.06. The van der Waals surface area contributed by atoms with Gasteiger partial charge in [0.1, 0.15) is 10.8 Å². The Balaban J connectivity index is 1.22. The van der Waals surface area contributed by atoms with Crippen LogP contribution in [0.4, 0.5) is 20.0 Å². The van der Waals surface area contributed by atoms with Gasteiger partial charge in [-0.05, 0) is 49.4 Å². The third kappa shape index (κ3) is 4.79. The summed E-state index contributed by atoms with van der Waals surface area (Å²) >= 11 is 1.49. The fourth-order valence-corrected chi connectivity index (χ4v) is 4.97. The minimum Gasteiger partial charge on any atom is -0.371 e.